The first-order valence-corrected chi connectivity index (χ1v) is 4.72. The SMILES string of the molecule is COC(=O)C=C(C)C=Cc1ccccc1. The predicted molar refractivity (Wildman–Crippen MR) is 61.2 cm³/mol. The van der Waals surface area contributed by atoms with Gasteiger partial charge in [-0.1, -0.05) is 42.5 Å². The summed E-state index contributed by atoms with van der Waals surface area (Å²) in [6.07, 6.45) is 5.29. The van der Waals surface area contributed by atoms with Crippen molar-refractivity contribution >= 4 is 12.0 Å². The Morgan fingerprint density at radius 3 is 2.53 bits per heavy atom. The highest BCUT2D eigenvalue weighted by molar-refractivity contribution is 5.83. The normalized spacial score (nSPS) is 11.7. The molecule has 1 aromatic carbocycles. The molecule has 0 fully saturated rings. The van der Waals surface area contributed by atoms with Crippen molar-refractivity contribution in [1.82, 2.24) is 0 Å². The van der Waals surface area contributed by atoms with Crippen LogP contribution in [0.2, 0.25) is 0 Å². The topological polar surface area (TPSA) is 26.3 Å². The summed E-state index contributed by atoms with van der Waals surface area (Å²) in [5.41, 5.74) is 1.97. The Labute approximate surface area is 89.9 Å². The summed E-state index contributed by atoms with van der Waals surface area (Å²) >= 11 is 0. The van der Waals surface area contributed by atoms with Crippen molar-refractivity contribution in [2.45, 2.75) is 6.92 Å². The van der Waals surface area contributed by atoms with Gasteiger partial charge in [-0.3, -0.25) is 0 Å². The fourth-order valence-electron chi connectivity index (χ4n) is 1.08. The Bertz CT molecular complexity index is 375. The maximum atomic E-state index is 10.9. The van der Waals surface area contributed by atoms with Crippen LogP contribution in [0, 0.1) is 0 Å². The summed E-state index contributed by atoms with van der Waals surface area (Å²) in [5, 5.41) is 0. The molecule has 0 aliphatic rings. The average Bonchev–Trinajstić information content (AvgIpc) is 2.27. The lowest BCUT2D eigenvalue weighted by molar-refractivity contribution is -0.134. The van der Waals surface area contributed by atoms with Crippen LogP contribution >= 0.6 is 0 Å². The number of benzene rings is 1. The van der Waals surface area contributed by atoms with Crippen molar-refractivity contribution in [3.63, 3.8) is 0 Å². The summed E-state index contributed by atoms with van der Waals surface area (Å²) in [6.45, 7) is 1.86. The predicted octanol–water partition coefficient (Wildman–Crippen LogP) is 2.82. The lowest BCUT2D eigenvalue weighted by atomic mass is 10.1. The number of ether oxygens (including phenoxy) is 1. The van der Waals surface area contributed by atoms with Gasteiger partial charge in [-0.25, -0.2) is 4.79 Å². The minimum Gasteiger partial charge on any atom is -0.466 e. The molecule has 0 saturated heterocycles. The first-order valence-electron chi connectivity index (χ1n) is 4.72. The van der Waals surface area contributed by atoms with Crippen molar-refractivity contribution in [3.05, 3.63) is 53.6 Å². The fraction of sp³-hybridized carbons (Fsp3) is 0.154. The summed E-state index contributed by atoms with van der Waals surface area (Å²) < 4.78 is 4.52. The molecule has 2 nitrogen and oxygen atoms in total. The van der Waals surface area contributed by atoms with E-state index in [-0.39, 0.29) is 5.97 Å². The molecule has 1 aromatic rings. The van der Waals surface area contributed by atoms with Crippen LogP contribution in [0.5, 0.6) is 0 Å². The number of methoxy groups -OCH3 is 1. The van der Waals surface area contributed by atoms with E-state index in [1.54, 1.807) is 0 Å². The van der Waals surface area contributed by atoms with E-state index in [0.717, 1.165) is 11.1 Å². The molecular formula is C13H14O2. The zero-order chi connectivity index (χ0) is 11.1. The third-order valence-electron chi connectivity index (χ3n) is 1.88. The van der Waals surface area contributed by atoms with Gasteiger partial charge in [0.2, 0.25) is 0 Å². The molecule has 0 aliphatic heterocycles. The second kappa shape index (κ2) is 5.81. The Morgan fingerprint density at radius 2 is 1.93 bits per heavy atom. The maximum Gasteiger partial charge on any atom is 0.330 e. The molecule has 0 amide bonds. The van der Waals surface area contributed by atoms with Crippen LogP contribution in [-0.4, -0.2) is 13.1 Å². The molecule has 0 aliphatic carbocycles. The van der Waals surface area contributed by atoms with Gasteiger partial charge in [-0.05, 0) is 18.1 Å². The molecule has 0 heterocycles. The Hall–Kier alpha value is -1.83. The van der Waals surface area contributed by atoms with Gasteiger partial charge in [0.25, 0.3) is 0 Å². The van der Waals surface area contributed by atoms with E-state index in [0.29, 0.717) is 0 Å². The van der Waals surface area contributed by atoms with Crippen LogP contribution in [0.4, 0.5) is 0 Å². The lowest BCUT2D eigenvalue weighted by Gasteiger charge is -1.94. The number of rotatable bonds is 3. The number of carbonyl (C=O) groups is 1. The van der Waals surface area contributed by atoms with E-state index in [1.165, 1.54) is 13.2 Å². The van der Waals surface area contributed by atoms with Gasteiger partial charge in [0.1, 0.15) is 0 Å². The highest BCUT2D eigenvalue weighted by Crippen LogP contribution is 2.04. The smallest absolute Gasteiger partial charge is 0.330 e. The van der Waals surface area contributed by atoms with Gasteiger partial charge >= 0.3 is 5.97 Å². The Morgan fingerprint density at radius 1 is 1.27 bits per heavy atom. The van der Waals surface area contributed by atoms with Gasteiger partial charge in [0.05, 0.1) is 7.11 Å². The quantitative estimate of drug-likeness (QED) is 0.428. The van der Waals surface area contributed by atoms with Crippen LogP contribution in [-0.2, 0) is 9.53 Å². The first-order chi connectivity index (χ1) is 7.22. The number of hydrogen-bond donors (Lipinski definition) is 0. The van der Waals surface area contributed by atoms with Crippen LogP contribution in [0.15, 0.2) is 48.1 Å². The van der Waals surface area contributed by atoms with E-state index >= 15 is 0 Å². The van der Waals surface area contributed by atoms with Gasteiger partial charge in [-0.2, -0.15) is 0 Å². The van der Waals surface area contributed by atoms with Gasteiger partial charge in [0, 0.05) is 6.08 Å². The molecule has 0 aromatic heterocycles. The monoisotopic (exact) mass is 202 g/mol. The van der Waals surface area contributed by atoms with Crippen LogP contribution < -0.4 is 0 Å². The minimum absolute atomic E-state index is 0.329. The van der Waals surface area contributed by atoms with Crippen LogP contribution in [0.3, 0.4) is 0 Å². The number of carbonyl (C=O) groups excluding carboxylic acids is 1. The zero-order valence-electron chi connectivity index (χ0n) is 8.94. The van der Waals surface area contributed by atoms with Crippen molar-refractivity contribution < 1.29 is 9.53 Å². The summed E-state index contributed by atoms with van der Waals surface area (Å²) in [6, 6.07) is 9.91. The van der Waals surface area contributed by atoms with Gasteiger partial charge < -0.3 is 4.74 Å². The Balaban J connectivity index is 2.66. The van der Waals surface area contributed by atoms with Crippen molar-refractivity contribution in [1.29, 1.82) is 0 Å². The molecule has 0 spiro atoms. The Kier molecular flexibility index (Phi) is 4.35. The molecule has 0 unspecified atom stereocenters. The lowest BCUT2D eigenvalue weighted by Crippen LogP contribution is -1.94. The van der Waals surface area contributed by atoms with E-state index < -0.39 is 0 Å². The number of esters is 1. The van der Waals surface area contributed by atoms with Crippen molar-refractivity contribution in [2.75, 3.05) is 7.11 Å². The van der Waals surface area contributed by atoms with E-state index in [4.69, 9.17) is 0 Å². The van der Waals surface area contributed by atoms with Crippen LogP contribution in [0.1, 0.15) is 12.5 Å². The highest BCUT2D eigenvalue weighted by Gasteiger charge is 1.92. The van der Waals surface area contributed by atoms with Crippen molar-refractivity contribution in [2.24, 2.45) is 0 Å². The third kappa shape index (κ3) is 4.27. The average molecular weight is 202 g/mol. The second-order valence-electron chi connectivity index (χ2n) is 3.16. The number of allylic oxidation sites excluding steroid dienone is 2. The molecule has 0 bridgehead atoms. The number of hydrogen-bond acceptors (Lipinski definition) is 2. The summed E-state index contributed by atoms with van der Waals surface area (Å²) in [7, 11) is 1.37. The molecule has 0 atom stereocenters. The summed E-state index contributed by atoms with van der Waals surface area (Å²) in [5.74, 6) is -0.329. The first kappa shape index (κ1) is 11.2. The van der Waals surface area contributed by atoms with E-state index in [2.05, 4.69) is 4.74 Å². The molecule has 78 valence electrons. The minimum atomic E-state index is -0.329. The second-order valence-corrected chi connectivity index (χ2v) is 3.16. The molecule has 1 rings (SSSR count). The van der Waals surface area contributed by atoms with E-state index in [1.807, 2.05) is 49.4 Å². The largest absolute Gasteiger partial charge is 0.466 e. The van der Waals surface area contributed by atoms with Crippen LogP contribution in [0.25, 0.3) is 6.08 Å². The third-order valence-corrected chi connectivity index (χ3v) is 1.88. The standard InChI is InChI=1S/C13H14O2/c1-11(10-13(14)15-2)8-9-12-6-4-3-5-7-12/h3-10H,1-2H3. The molecular weight excluding hydrogens is 188 g/mol. The molecule has 0 N–H and O–H groups in total. The maximum absolute atomic E-state index is 10.9. The van der Waals surface area contributed by atoms with Crippen molar-refractivity contribution in [3.8, 4) is 0 Å². The van der Waals surface area contributed by atoms with E-state index in [9.17, 15) is 4.79 Å². The molecule has 0 radical (unpaired) electrons. The molecule has 2 heteroatoms. The molecule has 0 saturated carbocycles. The highest BCUT2D eigenvalue weighted by atomic mass is 16.5. The van der Waals surface area contributed by atoms with Gasteiger partial charge in [0.15, 0.2) is 0 Å². The zero-order valence-corrected chi connectivity index (χ0v) is 8.94. The van der Waals surface area contributed by atoms with Gasteiger partial charge in [-0.15, -0.1) is 0 Å². The fourth-order valence-corrected chi connectivity index (χ4v) is 1.08. The molecule has 15 heavy (non-hydrogen) atoms. The summed E-state index contributed by atoms with van der Waals surface area (Å²) in [4.78, 5) is 10.9.